The molecule has 0 aliphatic heterocycles. The van der Waals surface area contributed by atoms with Crippen molar-refractivity contribution < 1.29 is 13.0 Å². The fourth-order valence-electron chi connectivity index (χ4n) is 0.0668. The van der Waals surface area contributed by atoms with E-state index in [-0.39, 0.29) is 11.7 Å². The normalized spacial score (nSPS) is 11.3. The Hall–Kier alpha value is 0.170. The van der Waals surface area contributed by atoms with Crippen LogP contribution in [0.4, 0.5) is 8.78 Å². The standard InChI is InChI=1S/C2H2ClF2OS/c3-2(4,5)1-7-6/h1H2/q+1. The molecule has 0 spiro atoms. The van der Waals surface area contributed by atoms with E-state index in [4.69, 9.17) is 0 Å². The first-order valence-electron chi connectivity index (χ1n) is 1.38. The highest BCUT2D eigenvalue weighted by Gasteiger charge is 2.32. The van der Waals surface area contributed by atoms with Crippen LogP contribution in [0.1, 0.15) is 0 Å². The fourth-order valence-corrected chi connectivity index (χ4v) is 0.334. The third kappa shape index (κ3) is 6.17. The van der Waals surface area contributed by atoms with E-state index in [1.165, 1.54) is 0 Å². The third-order valence-electron chi connectivity index (χ3n) is 0.223. The summed E-state index contributed by atoms with van der Waals surface area (Å²) >= 11 is 4.06. The Morgan fingerprint density at radius 2 is 2.14 bits per heavy atom. The molecule has 0 aliphatic carbocycles. The van der Waals surface area contributed by atoms with Gasteiger partial charge in [-0.15, -0.1) is 0 Å². The monoisotopic (exact) mass is 147 g/mol. The number of halogens is 3. The first kappa shape index (κ1) is 7.17. The molecule has 0 bridgehead atoms. The van der Waals surface area contributed by atoms with Crippen LogP contribution in [0.2, 0.25) is 0 Å². The van der Waals surface area contributed by atoms with Gasteiger partial charge in [0.25, 0.3) is 0 Å². The average molecular weight is 148 g/mol. The minimum Gasteiger partial charge on any atom is -0.182 e. The maximum Gasteiger partial charge on any atom is 0.466 e. The first-order chi connectivity index (χ1) is 3.06. The van der Waals surface area contributed by atoms with Crippen molar-refractivity contribution in [3.8, 4) is 0 Å². The van der Waals surface area contributed by atoms with Crippen molar-refractivity contribution in [1.29, 1.82) is 0 Å². The van der Waals surface area contributed by atoms with E-state index in [2.05, 4.69) is 11.6 Å². The molecule has 0 saturated carbocycles. The molecule has 0 saturated heterocycles. The molecular weight excluding hydrogens is 146 g/mol. The number of rotatable bonds is 2. The van der Waals surface area contributed by atoms with Crippen LogP contribution >= 0.6 is 11.6 Å². The summed E-state index contributed by atoms with van der Waals surface area (Å²) in [5.41, 5.74) is 0. The Morgan fingerprint density at radius 3 is 2.14 bits per heavy atom. The zero-order valence-electron chi connectivity index (χ0n) is 3.16. The Bertz CT molecular complexity index is 70.6. The molecule has 42 valence electrons. The minimum absolute atomic E-state index is 0.223. The molecule has 0 rings (SSSR count). The largest absolute Gasteiger partial charge is 0.466 e. The highest BCUT2D eigenvalue weighted by Crippen LogP contribution is 2.16. The van der Waals surface area contributed by atoms with Gasteiger partial charge in [0, 0.05) is 4.21 Å². The lowest BCUT2D eigenvalue weighted by molar-refractivity contribution is 0.124. The summed E-state index contributed by atoms with van der Waals surface area (Å²) in [5.74, 6) is -0.867. The van der Waals surface area contributed by atoms with Crippen LogP contribution in [-0.2, 0) is 15.9 Å². The maximum absolute atomic E-state index is 11.3. The molecule has 0 amide bonds. The summed E-state index contributed by atoms with van der Waals surface area (Å²) < 4.78 is 31.8. The molecule has 0 aromatic rings. The van der Waals surface area contributed by atoms with Crippen molar-refractivity contribution in [3.05, 3.63) is 0 Å². The fraction of sp³-hybridized carbons (Fsp3) is 1.00. The Balaban J connectivity index is 3.34. The highest BCUT2D eigenvalue weighted by molar-refractivity contribution is 7.65. The molecular formula is C2H2ClF2OS+. The minimum atomic E-state index is -3.33. The molecule has 7 heavy (non-hydrogen) atoms. The molecule has 0 unspecified atom stereocenters. The second-order valence-electron chi connectivity index (χ2n) is 0.877. The molecule has 0 radical (unpaired) electrons. The number of hydrogen-bond donors (Lipinski definition) is 0. The van der Waals surface area contributed by atoms with Crippen molar-refractivity contribution in [3.63, 3.8) is 0 Å². The topological polar surface area (TPSA) is 17.1 Å². The van der Waals surface area contributed by atoms with Crippen molar-refractivity contribution in [2.45, 2.75) is 5.38 Å². The smallest absolute Gasteiger partial charge is 0.182 e. The lowest BCUT2D eigenvalue weighted by atomic mass is 10.8. The summed E-state index contributed by atoms with van der Waals surface area (Å²) in [6, 6.07) is 0. The first-order valence-corrected chi connectivity index (χ1v) is 2.66. The van der Waals surface area contributed by atoms with E-state index in [1.807, 2.05) is 0 Å². The molecule has 0 N–H and O–H groups in total. The Kier molecular flexibility index (Phi) is 2.53. The summed E-state index contributed by atoms with van der Waals surface area (Å²) in [6.45, 7) is 0. The van der Waals surface area contributed by atoms with Gasteiger partial charge in [-0.3, -0.25) is 0 Å². The van der Waals surface area contributed by atoms with Gasteiger partial charge in [0.2, 0.25) is 0 Å². The van der Waals surface area contributed by atoms with Crippen LogP contribution in [0, 0.1) is 0 Å². The Labute approximate surface area is 48.1 Å². The molecule has 1 nitrogen and oxygen atoms in total. The van der Waals surface area contributed by atoms with Gasteiger partial charge in [0.15, 0.2) is 0 Å². The second kappa shape index (κ2) is 2.47. The van der Waals surface area contributed by atoms with E-state index in [9.17, 15) is 13.0 Å². The average Bonchev–Trinajstić information content (AvgIpc) is 1.30. The van der Waals surface area contributed by atoms with Crippen molar-refractivity contribution in [2.75, 3.05) is 5.75 Å². The SMILES string of the molecule is O=[S+]CC(F)(F)Cl. The van der Waals surface area contributed by atoms with Crippen LogP contribution < -0.4 is 0 Å². The number of hydrogen-bond acceptors (Lipinski definition) is 1. The van der Waals surface area contributed by atoms with Crippen LogP contribution in [0.25, 0.3) is 0 Å². The van der Waals surface area contributed by atoms with E-state index >= 15 is 0 Å². The number of alkyl halides is 3. The molecule has 0 heterocycles. The molecule has 0 fully saturated rings. The molecule has 0 aliphatic rings. The molecule has 0 atom stereocenters. The molecule has 0 aromatic carbocycles. The van der Waals surface area contributed by atoms with Crippen LogP contribution in [0.15, 0.2) is 0 Å². The van der Waals surface area contributed by atoms with Crippen molar-refractivity contribution in [1.82, 2.24) is 0 Å². The van der Waals surface area contributed by atoms with E-state index in [1.54, 1.807) is 0 Å². The zero-order chi connectivity index (χ0) is 5.91. The summed E-state index contributed by atoms with van der Waals surface area (Å²) in [7, 11) is 0. The van der Waals surface area contributed by atoms with Gasteiger partial charge < -0.3 is 0 Å². The summed E-state index contributed by atoms with van der Waals surface area (Å²) in [6.07, 6.45) is 0. The van der Waals surface area contributed by atoms with Gasteiger partial charge >= 0.3 is 22.8 Å². The van der Waals surface area contributed by atoms with Gasteiger partial charge in [-0.1, -0.05) is 0 Å². The van der Waals surface area contributed by atoms with E-state index in [0.717, 1.165) is 0 Å². The predicted molar refractivity (Wildman–Crippen MR) is 23.7 cm³/mol. The van der Waals surface area contributed by atoms with Crippen LogP contribution in [-0.4, -0.2) is 11.1 Å². The lowest BCUT2D eigenvalue weighted by Gasteiger charge is -1.90. The zero-order valence-corrected chi connectivity index (χ0v) is 4.73. The predicted octanol–water partition coefficient (Wildman–Crippen LogP) is 1.25. The quantitative estimate of drug-likeness (QED) is 0.424. The van der Waals surface area contributed by atoms with Gasteiger partial charge in [-0.25, -0.2) is 0 Å². The van der Waals surface area contributed by atoms with E-state index in [0.29, 0.717) is 0 Å². The van der Waals surface area contributed by atoms with Gasteiger partial charge in [-0.2, -0.15) is 8.78 Å². The summed E-state index contributed by atoms with van der Waals surface area (Å²) in [5, 5.41) is -3.33. The summed E-state index contributed by atoms with van der Waals surface area (Å²) in [4.78, 5) is 0. The third-order valence-corrected chi connectivity index (χ3v) is 0.995. The van der Waals surface area contributed by atoms with Crippen LogP contribution in [0.3, 0.4) is 0 Å². The van der Waals surface area contributed by atoms with Gasteiger partial charge in [-0.05, 0) is 11.6 Å². The van der Waals surface area contributed by atoms with Gasteiger partial charge in [0.05, 0.1) is 0 Å². The Morgan fingerprint density at radius 1 is 1.71 bits per heavy atom. The van der Waals surface area contributed by atoms with Gasteiger partial charge in [0.1, 0.15) is 0 Å². The highest BCUT2D eigenvalue weighted by atomic mass is 35.5. The molecule has 5 heteroatoms. The maximum atomic E-state index is 11.3. The molecule has 0 aromatic heterocycles. The van der Waals surface area contributed by atoms with Crippen molar-refractivity contribution in [2.24, 2.45) is 0 Å². The van der Waals surface area contributed by atoms with E-state index < -0.39 is 11.1 Å². The lowest BCUT2D eigenvalue weighted by Crippen LogP contribution is -2.10. The van der Waals surface area contributed by atoms with Crippen LogP contribution in [0.5, 0.6) is 0 Å². The van der Waals surface area contributed by atoms with Crippen molar-refractivity contribution >= 4 is 23.3 Å². The second-order valence-corrected chi connectivity index (χ2v) is 1.95.